The molecule has 1 N–H and O–H groups in total. The van der Waals surface area contributed by atoms with E-state index < -0.39 is 5.60 Å². The minimum absolute atomic E-state index is 0.330. The summed E-state index contributed by atoms with van der Waals surface area (Å²) in [5.41, 5.74) is 2.13. The van der Waals surface area contributed by atoms with Gasteiger partial charge in [-0.3, -0.25) is 4.68 Å². The molecule has 132 valence electrons. The lowest BCUT2D eigenvalue weighted by Crippen LogP contribution is -2.21. The van der Waals surface area contributed by atoms with Crippen LogP contribution in [-0.2, 0) is 11.3 Å². The Morgan fingerprint density at radius 1 is 1.32 bits per heavy atom. The number of ether oxygens (including phenoxy) is 1. The van der Waals surface area contributed by atoms with Crippen molar-refractivity contribution in [3.05, 3.63) is 42.4 Å². The number of nitrogens with zero attached hydrogens (tertiary/aromatic N) is 4. The van der Waals surface area contributed by atoms with Crippen LogP contribution in [0.4, 0.5) is 0 Å². The molecule has 0 aliphatic rings. The summed E-state index contributed by atoms with van der Waals surface area (Å²) in [6, 6.07) is 5.66. The quantitative estimate of drug-likeness (QED) is 0.696. The van der Waals surface area contributed by atoms with Crippen molar-refractivity contribution in [2.45, 2.75) is 39.3 Å². The third-order valence-electron chi connectivity index (χ3n) is 3.90. The van der Waals surface area contributed by atoms with Crippen LogP contribution in [0.3, 0.4) is 0 Å². The van der Waals surface area contributed by atoms with Crippen LogP contribution in [0.1, 0.15) is 37.6 Å². The van der Waals surface area contributed by atoms with Crippen LogP contribution in [0, 0.1) is 0 Å². The smallest absolute Gasteiger partial charge is 0.341 e. The van der Waals surface area contributed by atoms with E-state index in [-0.39, 0.29) is 5.97 Å². The fourth-order valence-corrected chi connectivity index (χ4v) is 2.53. The molecule has 0 saturated heterocycles. The van der Waals surface area contributed by atoms with Crippen LogP contribution in [0.5, 0.6) is 0 Å². The first-order chi connectivity index (χ1) is 11.9. The van der Waals surface area contributed by atoms with Crippen molar-refractivity contribution in [2.24, 2.45) is 0 Å². The summed E-state index contributed by atoms with van der Waals surface area (Å²) in [5.74, 6) is -0.374. The average molecular weight is 342 g/mol. The van der Waals surface area contributed by atoms with Crippen LogP contribution in [0.15, 0.2) is 36.8 Å². The number of rotatable bonds is 6. The minimum atomic E-state index is -0.719. The van der Waals surface area contributed by atoms with Crippen LogP contribution >= 0.6 is 0 Å². The van der Waals surface area contributed by atoms with E-state index in [1.54, 1.807) is 25.3 Å². The highest BCUT2D eigenvalue weighted by molar-refractivity contribution is 5.96. The van der Waals surface area contributed by atoms with Gasteiger partial charge in [0.15, 0.2) is 0 Å². The Labute approximate surface area is 145 Å². The van der Waals surface area contributed by atoms with Crippen LogP contribution in [0.2, 0.25) is 0 Å². The van der Waals surface area contributed by atoms with Crippen LogP contribution in [-0.4, -0.2) is 42.7 Å². The molecule has 0 atom stereocenters. The molecule has 0 unspecified atom stereocenters. The number of aliphatic hydroxyl groups is 1. The average Bonchev–Trinajstić information content (AvgIpc) is 3.19. The van der Waals surface area contributed by atoms with Gasteiger partial charge in [0.25, 0.3) is 0 Å². The zero-order valence-electron chi connectivity index (χ0n) is 14.6. The Kier molecular flexibility index (Phi) is 4.59. The summed E-state index contributed by atoms with van der Waals surface area (Å²) in [7, 11) is 0. The Bertz CT molecular complexity index is 889. The summed E-state index contributed by atoms with van der Waals surface area (Å²) < 4.78 is 8.50. The summed E-state index contributed by atoms with van der Waals surface area (Å²) in [4.78, 5) is 11.9. The van der Waals surface area contributed by atoms with E-state index in [0.717, 1.165) is 11.3 Å². The highest BCUT2D eigenvalue weighted by Gasteiger charge is 2.15. The molecule has 0 saturated carbocycles. The Balaban J connectivity index is 1.83. The summed E-state index contributed by atoms with van der Waals surface area (Å²) in [6.07, 6.45) is 5.85. The molecule has 3 aromatic rings. The van der Waals surface area contributed by atoms with Crippen molar-refractivity contribution in [3.8, 4) is 11.3 Å². The normalized spacial score (nSPS) is 11.8. The molecule has 7 heteroatoms. The van der Waals surface area contributed by atoms with Gasteiger partial charge in [-0.2, -0.15) is 10.2 Å². The lowest BCUT2D eigenvalue weighted by molar-refractivity contribution is 0.0528. The number of carbonyl (C=O) groups is 1. The maximum Gasteiger partial charge on any atom is 0.341 e. The Hall–Kier alpha value is -2.67. The molecular weight excluding hydrogens is 320 g/mol. The van der Waals surface area contributed by atoms with E-state index >= 15 is 0 Å². The number of esters is 1. The molecule has 0 spiro atoms. The highest BCUT2D eigenvalue weighted by atomic mass is 16.5. The van der Waals surface area contributed by atoms with E-state index in [2.05, 4.69) is 10.2 Å². The van der Waals surface area contributed by atoms with Crippen LogP contribution in [0.25, 0.3) is 16.8 Å². The third-order valence-corrected chi connectivity index (χ3v) is 3.90. The van der Waals surface area contributed by atoms with Crippen molar-refractivity contribution in [2.75, 3.05) is 6.61 Å². The molecule has 3 aromatic heterocycles. The monoisotopic (exact) mass is 342 g/mol. The SMILES string of the molecule is CCOC(=O)c1cnn2cc(-c3ccn(CCC(C)(C)O)n3)ccc12. The van der Waals surface area contributed by atoms with Crippen molar-refractivity contribution < 1.29 is 14.6 Å². The van der Waals surface area contributed by atoms with E-state index in [1.165, 1.54) is 6.20 Å². The first-order valence-corrected chi connectivity index (χ1v) is 8.28. The van der Waals surface area contributed by atoms with Gasteiger partial charge in [-0.1, -0.05) is 0 Å². The lowest BCUT2D eigenvalue weighted by atomic mass is 10.1. The number of hydrogen-bond donors (Lipinski definition) is 1. The second kappa shape index (κ2) is 6.68. The zero-order chi connectivity index (χ0) is 18.0. The predicted octanol–water partition coefficient (Wildman–Crippen LogP) is 2.54. The van der Waals surface area contributed by atoms with Gasteiger partial charge in [0.05, 0.1) is 29.6 Å². The molecule has 3 rings (SSSR count). The number of aryl methyl sites for hydroxylation is 1. The molecule has 7 nitrogen and oxygen atoms in total. The summed E-state index contributed by atoms with van der Waals surface area (Å²) in [5, 5.41) is 18.6. The second-order valence-corrected chi connectivity index (χ2v) is 6.55. The number of aromatic nitrogens is 4. The Morgan fingerprint density at radius 3 is 2.84 bits per heavy atom. The lowest BCUT2D eigenvalue weighted by Gasteiger charge is -2.16. The van der Waals surface area contributed by atoms with E-state index in [9.17, 15) is 9.90 Å². The van der Waals surface area contributed by atoms with E-state index in [1.807, 2.05) is 35.3 Å². The highest BCUT2D eigenvalue weighted by Crippen LogP contribution is 2.20. The zero-order valence-corrected chi connectivity index (χ0v) is 14.6. The first kappa shape index (κ1) is 17.2. The summed E-state index contributed by atoms with van der Waals surface area (Å²) >= 11 is 0. The molecular formula is C18H22N4O3. The van der Waals surface area contributed by atoms with Gasteiger partial charge in [0, 0.05) is 24.5 Å². The van der Waals surface area contributed by atoms with Gasteiger partial charge in [0.1, 0.15) is 5.56 Å². The topological polar surface area (TPSA) is 81.6 Å². The first-order valence-electron chi connectivity index (χ1n) is 8.28. The van der Waals surface area contributed by atoms with Crippen molar-refractivity contribution in [1.82, 2.24) is 19.4 Å². The molecule has 0 aliphatic carbocycles. The molecule has 0 radical (unpaired) electrons. The Morgan fingerprint density at radius 2 is 2.12 bits per heavy atom. The molecule has 25 heavy (non-hydrogen) atoms. The molecule has 0 fully saturated rings. The van der Waals surface area contributed by atoms with E-state index in [4.69, 9.17) is 4.74 Å². The predicted molar refractivity (Wildman–Crippen MR) is 93.3 cm³/mol. The standard InChI is InChI=1S/C18H22N4O3/c1-4-25-17(23)14-11-19-22-12-13(5-6-16(14)22)15-7-9-21(20-15)10-8-18(2,3)24/h5-7,9,11-12,24H,4,8,10H2,1-3H3. The number of pyridine rings is 1. The van der Waals surface area contributed by atoms with Gasteiger partial charge in [-0.05, 0) is 45.4 Å². The van der Waals surface area contributed by atoms with Gasteiger partial charge < -0.3 is 9.84 Å². The van der Waals surface area contributed by atoms with Crippen molar-refractivity contribution in [1.29, 1.82) is 0 Å². The maximum atomic E-state index is 11.9. The van der Waals surface area contributed by atoms with Crippen molar-refractivity contribution in [3.63, 3.8) is 0 Å². The molecule has 0 amide bonds. The fraction of sp³-hybridized carbons (Fsp3) is 0.389. The minimum Gasteiger partial charge on any atom is -0.462 e. The number of carbonyl (C=O) groups excluding carboxylic acids is 1. The van der Waals surface area contributed by atoms with Crippen LogP contribution < -0.4 is 0 Å². The maximum absolute atomic E-state index is 11.9. The van der Waals surface area contributed by atoms with Gasteiger partial charge in [0.2, 0.25) is 0 Å². The molecule has 0 bridgehead atoms. The fourth-order valence-electron chi connectivity index (χ4n) is 2.53. The number of fused-ring (bicyclic) bond motifs is 1. The summed E-state index contributed by atoms with van der Waals surface area (Å²) in [6.45, 7) is 6.31. The van der Waals surface area contributed by atoms with Gasteiger partial charge in [-0.15, -0.1) is 0 Å². The van der Waals surface area contributed by atoms with Crippen molar-refractivity contribution >= 4 is 11.5 Å². The molecule has 0 aromatic carbocycles. The van der Waals surface area contributed by atoms with Gasteiger partial charge >= 0.3 is 5.97 Å². The van der Waals surface area contributed by atoms with E-state index in [0.29, 0.717) is 30.7 Å². The number of hydrogen-bond acceptors (Lipinski definition) is 5. The third kappa shape index (κ3) is 3.88. The largest absolute Gasteiger partial charge is 0.462 e. The second-order valence-electron chi connectivity index (χ2n) is 6.55. The molecule has 0 aliphatic heterocycles. The molecule has 3 heterocycles. The van der Waals surface area contributed by atoms with Gasteiger partial charge in [-0.25, -0.2) is 9.31 Å².